The number of aromatic nitrogens is 3. The van der Waals surface area contributed by atoms with Gasteiger partial charge in [0.2, 0.25) is 5.91 Å². The molecule has 1 aromatic carbocycles. The Hall–Kier alpha value is -2.09. The van der Waals surface area contributed by atoms with Gasteiger partial charge < -0.3 is 5.32 Å². The smallest absolute Gasteiger partial charge is 0.323 e. The topological polar surface area (TPSA) is 59.8 Å². The lowest BCUT2D eigenvalue weighted by molar-refractivity contribution is -0.137. The molecule has 0 unspecified atom stereocenters. The first-order chi connectivity index (χ1) is 9.77. The highest BCUT2D eigenvalue weighted by Crippen LogP contribution is 2.33. The number of nitrogens with one attached hydrogen (secondary N) is 1. The zero-order valence-corrected chi connectivity index (χ0v) is 11.5. The molecule has 0 aliphatic heterocycles. The summed E-state index contributed by atoms with van der Waals surface area (Å²) in [4.78, 5) is 11.8. The molecular weight excluding hydrogens is 309 g/mol. The van der Waals surface area contributed by atoms with Crippen molar-refractivity contribution in [3.05, 3.63) is 40.7 Å². The van der Waals surface area contributed by atoms with Crippen molar-refractivity contribution in [3.8, 4) is 0 Å². The van der Waals surface area contributed by atoms with Gasteiger partial charge in [-0.2, -0.15) is 13.2 Å². The molecule has 1 heterocycles. The summed E-state index contributed by atoms with van der Waals surface area (Å²) in [5.74, 6) is -0.551. The number of aryl methyl sites for hydroxylation is 1. The Morgan fingerprint density at radius 1 is 1.43 bits per heavy atom. The van der Waals surface area contributed by atoms with Crippen molar-refractivity contribution in [3.63, 3.8) is 0 Å². The van der Waals surface area contributed by atoms with Crippen LogP contribution < -0.4 is 5.32 Å². The Labute approximate surface area is 122 Å². The molecule has 0 aliphatic carbocycles. The van der Waals surface area contributed by atoms with E-state index in [-0.39, 0.29) is 17.3 Å². The third-order valence-corrected chi connectivity index (χ3v) is 3.00. The van der Waals surface area contributed by atoms with Crippen molar-refractivity contribution >= 4 is 23.2 Å². The molecule has 0 radical (unpaired) electrons. The van der Waals surface area contributed by atoms with E-state index in [0.29, 0.717) is 5.69 Å². The molecule has 0 fully saturated rings. The SMILES string of the molecule is Cc1cnnn1CC(=O)Nc1cc(C(F)(F)F)ccc1Cl. The van der Waals surface area contributed by atoms with E-state index in [1.54, 1.807) is 6.92 Å². The van der Waals surface area contributed by atoms with Gasteiger partial charge in [-0.15, -0.1) is 5.10 Å². The van der Waals surface area contributed by atoms with E-state index in [9.17, 15) is 18.0 Å². The molecule has 0 atom stereocenters. The molecule has 9 heteroatoms. The summed E-state index contributed by atoms with van der Waals surface area (Å²) in [7, 11) is 0. The van der Waals surface area contributed by atoms with Crippen molar-refractivity contribution in [1.82, 2.24) is 15.0 Å². The minimum atomic E-state index is -4.51. The molecule has 1 N–H and O–H groups in total. The fourth-order valence-electron chi connectivity index (χ4n) is 1.59. The molecular formula is C12H10ClF3N4O. The highest BCUT2D eigenvalue weighted by atomic mass is 35.5. The Kier molecular flexibility index (Phi) is 4.17. The van der Waals surface area contributed by atoms with Crippen LogP contribution in [0.2, 0.25) is 5.02 Å². The second-order valence-electron chi connectivity index (χ2n) is 4.27. The standard InChI is InChI=1S/C12H10ClF3N4O/c1-7-5-17-19-20(7)6-11(21)18-10-4-8(12(14,15)16)2-3-9(10)13/h2-5H,6H2,1H3,(H,18,21). The van der Waals surface area contributed by atoms with Gasteiger partial charge in [0.25, 0.3) is 0 Å². The number of nitrogens with zero attached hydrogens (tertiary/aromatic N) is 3. The molecule has 0 aliphatic rings. The third-order valence-electron chi connectivity index (χ3n) is 2.67. The maximum absolute atomic E-state index is 12.6. The first-order valence-electron chi connectivity index (χ1n) is 5.79. The second kappa shape index (κ2) is 5.72. The number of hydrogen-bond acceptors (Lipinski definition) is 3. The van der Waals surface area contributed by atoms with Crippen LogP contribution in [0.5, 0.6) is 0 Å². The monoisotopic (exact) mass is 318 g/mol. The number of anilines is 1. The Bertz CT molecular complexity index is 669. The van der Waals surface area contributed by atoms with E-state index in [1.165, 1.54) is 10.9 Å². The van der Waals surface area contributed by atoms with Crippen LogP contribution in [0.1, 0.15) is 11.3 Å². The van der Waals surface area contributed by atoms with Crippen molar-refractivity contribution in [2.45, 2.75) is 19.6 Å². The summed E-state index contributed by atoms with van der Waals surface area (Å²) < 4.78 is 39.2. The van der Waals surface area contributed by atoms with Gasteiger partial charge in [0, 0.05) is 0 Å². The zero-order chi connectivity index (χ0) is 15.6. The normalized spacial score (nSPS) is 11.5. The summed E-state index contributed by atoms with van der Waals surface area (Å²) in [6, 6.07) is 2.72. The van der Waals surface area contributed by atoms with Gasteiger partial charge in [0.1, 0.15) is 6.54 Å². The highest BCUT2D eigenvalue weighted by molar-refractivity contribution is 6.33. The summed E-state index contributed by atoms with van der Waals surface area (Å²) >= 11 is 5.79. The van der Waals surface area contributed by atoms with Crippen LogP contribution in [0.3, 0.4) is 0 Å². The van der Waals surface area contributed by atoms with Gasteiger partial charge in [-0.25, -0.2) is 4.68 Å². The number of alkyl halides is 3. The van der Waals surface area contributed by atoms with E-state index in [1.807, 2.05) is 0 Å². The summed E-state index contributed by atoms with van der Waals surface area (Å²) in [5, 5.41) is 9.62. The van der Waals surface area contributed by atoms with Gasteiger partial charge in [0.15, 0.2) is 0 Å². The number of carbonyl (C=O) groups is 1. The van der Waals surface area contributed by atoms with Crippen molar-refractivity contribution < 1.29 is 18.0 Å². The lowest BCUT2D eigenvalue weighted by Crippen LogP contribution is -2.21. The van der Waals surface area contributed by atoms with Crippen LogP contribution in [0, 0.1) is 6.92 Å². The second-order valence-corrected chi connectivity index (χ2v) is 4.68. The van der Waals surface area contributed by atoms with Crippen molar-refractivity contribution in [1.29, 1.82) is 0 Å². The maximum Gasteiger partial charge on any atom is 0.416 e. The van der Waals surface area contributed by atoms with Crippen molar-refractivity contribution in [2.75, 3.05) is 5.32 Å². The number of benzene rings is 1. The molecule has 0 spiro atoms. The van der Waals surface area contributed by atoms with Gasteiger partial charge >= 0.3 is 6.18 Å². The summed E-state index contributed by atoms with van der Waals surface area (Å²) in [6.07, 6.45) is -3.04. The van der Waals surface area contributed by atoms with Crippen LogP contribution in [-0.4, -0.2) is 20.9 Å². The zero-order valence-electron chi connectivity index (χ0n) is 10.8. The average molecular weight is 319 g/mol. The Morgan fingerprint density at radius 2 is 2.14 bits per heavy atom. The van der Waals surface area contributed by atoms with E-state index < -0.39 is 17.6 Å². The lowest BCUT2D eigenvalue weighted by atomic mass is 10.2. The average Bonchev–Trinajstić information content (AvgIpc) is 2.76. The number of halogens is 4. The predicted octanol–water partition coefficient (Wildman–Crippen LogP) is 2.90. The molecule has 112 valence electrons. The van der Waals surface area contributed by atoms with E-state index >= 15 is 0 Å². The van der Waals surface area contributed by atoms with E-state index in [4.69, 9.17) is 11.6 Å². The molecule has 0 bridgehead atoms. The molecule has 21 heavy (non-hydrogen) atoms. The van der Waals surface area contributed by atoms with Crippen molar-refractivity contribution in [2.24, 2.45) is 0 Å². The van der Waals surface area contributed by atoms with Gasteiger partial charge in [0.05, 0.1) is 28.2 Å². The summed E-state index contributed by atoms with van der Waals surface area (Å²) in [6.45, 7) is 1.53. The molecule has 0 saturated heterocycles. The molecule has 0 saturated carbocycles. The van der Waals surface area contributed by atoms with E-state index in [2.05, 4.69) is 15.6 Å². The minimum absolute atomic E-state index is 0.0201. The number of amides is 1. The van der Waals surface area contributed by atoms with Crippen LogP contribution in [0.15, 0.2) is 24.4 Å². The largest absolute Gasteiger partial charge is 0.416 e. The number of hydrogen-bond donors (Lipinski definition) is 1. The highest BCUT2D eigenvalue weighted by Gasteiger charge is 2.31. The maximum atomic E-state index is 12.6. The molecule has 2 rings (SSSR count). The van der Waals surface area contributed by atoms with Gasteiger partial charge in [-0.1, -0.05) is 16.8 Å². The minimum Gasteiger partial charge on any atom is -0.323 e. The van der Waals surface area contributed by atoms with Crippen LogP contribution in [0.4, 0.5) is 18.9 Å². The Balaban J connectivity index is 2.15. The molecule has 2 aromatic rings. The molecule has 5 nitrogen and oxygen atoms in total. The lowest BCUT2D eigenvalue weighted by Gasteiger charge is -2.11. The quantitative estimate of drug-likeness (QED) is 0.946. The van der Waals surface area contributed by atoms with Crippen LogP contribution in [0.25, 0.3) is 0 Å². The number of carbonyl (C=O) groups excluding carboxylic acids is 1. The van der Waals surface area contributed by atoms with Gasteiger partial charge in [-0.05, 0) is 25.1 Å². The predicted molar refractivity (Wildman–Crippen MR) is 69.8 cm³/mol. The van der Waals surface area contributed by atoms with Crippen LogP contribution in [-0.2, 0) is 17.5 Å². The third kappa shape index (κ3) is 3.72. The first kappa shape index (κ1) is 15.3. The van der Waals surface area contributed by atoms with E-state index in [0.717, 1.165) is 18.2 Å². The fraction of sp³-hybridized carbons (Fsp3) is 0.250. The summed E-state index contributed by atoms with van der Waals surface area (Å²) in [5.41, 5.74) is -0.339. The van der Waals surface area contributed by atoms with Gasteiger partial charge in [-0.3, -0.25) is 4.79 Å². The molecule has 1 aromatic heterocycles. The molecule has 1 amide bonds. The van der Waals surface area contributed by atoms with Crippen LogP contribution >= 0.6 is 11.6 Å². The number of rotatable bonds is 3. The first-order valence-corrected chi connectivity index (χ1v) is 6.17. The Morgan fingerprint density at radius 3 is 2.71 bits per heavy atom. The fourth-order valence-corrected chi connectivity index (χ4v) is 1.75.